The van der Waals surface area contributed by atoms with Crippen LogP contribution in [0.1, 0.15) is 34.6 Å². The van der Waals surface area contributed by atoms with Gasteiger partial charge in [-0.3, -0.25) is 0 Å². The van der Waals surface area contributed by atoms with Gasteiger partial charge in [-0.15, -0.1) is 0 Å². The Balaban J connectivity index is 1.57. The lowest BCUT2D eigenvalue weighted by molar-refractivity contribution is -0.454. The standard InChI is InChI=1S/C22H34O12/c1-10(2)18(26)27-7-11-13(23)17(25)22(31-11)9-29-21(5,6)33-16-14(24)15-12(30-19(16)34-22)8-28-20(3,4)32-15/h11-17,19,23-25H,1,7-9H2,2-6H3/t11-,12-,13-,14+,15-,16-,17+,19-,22+/m1/s1. The zero-order valence-corrected chi connectivity index (χ0v) is 20.0. The third kappa shape index (κ3) is 4.89. The van der Waals surface area contributed by atoms with Crippen molar-refractivity contribution >= 4 is 5.97 Å². The first kappa shape index (κ1) is 25.9. The average molecular weight is 491 g/mol. The Kier molecular flexibility index (Phi) is 6.88. The smallest absolute Gasteiger partial charge is 0.333 e. The molecular weight excluding hydrogens is 456 g/mol. The van der Waals surface area contributed by atoms with E-state index in [1.54, 1.807) is 27.7 Å². The maximum absolute atomic E-state index is 11.8. The molecular formula is C22H34O12. The van der Waals surface area contributed by atoms with E-state index in [-0.39, 0.29) is 25.4 Å². The van der Waals surface area contributed by atoms with Crippen LogP contribution in [0.5, 0.6) is 0 Å². The molecule has 3 N–H and O–H groups in total. The molecule has 12 heteroatoms. The molecule has 4 aliphatic heterocycles. The lowest BCUT2D eigenvalue weighted by Crippen LogP contribution is -2.69. The second kappa shape index (κ2) is 9.04. The number of hydrogen-bond acceptors (Lipinski definition) is 12. The monoisotopic (exact) mass is 490 g/mol. The molecule has 1 spiro atoms. The highest BCUT2D eigenvalue weighted by molar-refractivity contribution is 5.86. The van der Waals surface area contributed by atoms with Gasteiger partial charge in [0.1, 0.15) is 55.9 Å². The highest BCUT2D eigenvalue weighted by atomic mass is 16.8. The van der Waals surface area contributed by atoms with Crippen molar-refractivity contribution in [3.8, 4) is 0 Å². The normalized spacial score (nSPS) is 45.5. The van der Waals surface area contributed by atoms with Gasteiger partial charge in [-0.1, -0.05) is 6.58 Å². The van der Waals surface area contributed by atoms with E-state index in [4.69, 9.17) is 37.9 Å². The Labute approximate surface area is 197 Å². The quantitative estimate of drug-likeness (QED) is 0.340. The third-order valence-corrected chi connectivity index (χ3v) is 6.22. The number of hydrogen-bond donors (Lipinski definition) is 3. The summed E-state index contributed by atoms with van der Waals surface area (Å²) in [5.41, 5.74) is 0.175. The van der Waals surface area contributed by atoms with Gasteiger partial charge in [0.2, 0.25) is 5.79 Å². The average Bonchev–Trinajstić information content (AvgIpc) is 2.98. The first-order valence-corrected chi connectivity index (χ1v) is 11.3. The highest BCUT2D eigenvalue weighted by Gasteiger charge is 2.62. The van der Waals surface area contributed by atoms with E-state index in [1.807, 2.05) is 0 Å². The van der Waals surface area contributed by atoms with Crippen molar-refractivity contribution in [1.82, 2.24) is 0 Å². The van der Waals surface area contributed by atoms with Crippen molar-refractivity contribution in [2.24, 2.45) is 0 Å². The number of aliphatic hydroxyl groups excluding tert-OH is 3. The molecule has 0 aromatic carbocycles. The van der Waals surface area contributed by atoms with Crippen LogP contribution < -0.4 is 0 Å². The lowest BCUT2D eigenvalue weighted by atomic mass is 9.96. The zero-order chi connectivity index (χ0) is 25.1. The van der Waals surface area contributed by atoms with Crippen molar-refractivity contribution in [1.29, 1.82) is 0 Å². The number of ether oxygens (including phenoxy) is 8. The van der Waals surface area contributed by atoms with Gasteiger partial charge in [0.15, 0.2) is 17.9 Å². The molecule has 0 unspecified atom stereocenters. The molecule has 0 aromatic rings. The van der Waals surface area contributed by atoms with E-state index in [1.165, 1.54) is 6.92 Å². The summed E-state index contributed by atoms with van der Waals surface area (Å²) in [6, 6.07) is 0. The van der Waals surface area contributed by atoms with Crippen LogP contribution in [0.15, 0.2) is 12.2 Å². The van der Waals surface area contributed by atoms with Gasteiger partial charge in [-0.25, -0.2) is 4.79 Å². The van der Waals surface area contributed by atoms with E-state index in [0.717, 1.165) is 0 Å². The van der Waals surface area contributed by atoms with Gasteiger partial charge in [0.05, 0.1) is 6.61 Å². The summed E-state index contributed by atoms with van der Waals surface area (Å²) in [5, 5.41) is 32.7. The van der Waals surface area contributed by atoms with E-state index >= 15 is 0 Å². The minimum atomic E-state index is -1.90. The SMILES string of the molecule is C=C(C)C(=O)OC[C@H]1O[C@]2(COC(C)(C)O[C@H]3[C@H](O[C@@H]4COC(C)(C)O[C@H]4[C@@H]3O)O2)[C@@H](O)[C@@H]1O. The fourth-order valence-electron chi connectivity index (χ4n) is 4.40. The Morgan fingerprint density at radius 2 is 1.62 bits per heavy atom. The van der Waals surface area contributed by atoms with Crippen molar-refractivity contribution in [3.63, 3.8) is 0 Å². The largest absolute Gasteiger partial charge is 0.459 e. The van der Waals surface area contributed by atoms with E-state index in [2.05, 4.69) is 6.58 Å². The molecule has 12 nitrogen and oxygen atoms in total. The molecule has 9 atom stereocenters. The summed E-state index contributed by atoms with van der Waals surface area (Å²) in [7, 11) is 0. The van der Waals surface area contributed by atoms with Crippen LogP contribution in [0.2, 0.25) is 0 Å². The predicted molar refractivity (Wildman–Crippen MR) is 111 cm³/mol. The van der Waals surface area contributed by atoms with Crippen LogP contribution in [0.4, 0.5) is 0 Å². The van der Waals surface area contributed by atoms with Gasteiger partial charge in [-0.2, -0.15) is 0 Å². The van der Waals surface area contributed by atoms with E-state index in [9.17, 15) is 20.1 Å². The molecule has 4 fully saturated rings. The summed E-state index contributed by atoms with van der Waals surface area (Å²) < 4.78 is 46.4. The maximum atomic E-state index is 11.8. The van der Waals surface area contributed by atoms with Crippen molar-refractivity contribution in [3.05, 3.63) is 12.2 Å². The Morgan fingerprint density at radius 1 is 0.971 bits per heavy atom. The third-order valence-electron chi connectivity index (χ3n) is 6.22. The van der Waals surface area contributed by atoms with Crippen molar-refractivity contribution in [2.75, 3.05) is 19.8 Å². The number of fused-ring (bicyclic) bond motifs is 2. The molecule has 194 valence electrons. The predicted octanol–water partition coefficient (Wildman–Crippen LogP) is -0.672. The number of carbonyl (C=O) groups is 1. The number of rotatable bonds is 3. The van der Waals surface area contributed by atoms with E-state index in [0.29, 0.717) is 0 Å². The molecule has 4 aliphatic rings. The summed E-state index contributed by atoms with van der Waals surface area (Å²) in [6.07, 6.45) is -9.15. The minimum Gasteiger partial charge on any atom is -0.459 e. The highest BCUT2D eigenvalue weighted by Crippen LogP contribution is 2.42. The summed E-state index contributed by atoms with van der Waals surface area (Å²) in [5.74, 6) is -4.75. The van der Waals surface area contributed by atoms with Gasteiger partial charge < -0.3 is 53.2 Å². The van der Waals surface area contributed by atoms with Crippen LogP contribution in [0.3, 0.4) is 0 Å². The lowest BCUT2D eigenvalue weighted by Gasteiger charge is -2.53. The molecule has 4 rings (SSSR count). The van der Waals surface area contributed by atoms with Crippen LogP contribution in [0, 0.1) is 0 Å². The first-order chi connectivity index (χ1) is 15.7. The molecule has 34 heavy (non-hydrogen) atoms. The number of carbonyl (C=O) groups excluding carboxylic acids is 1. The second-order valence-corrected chi connectivity index (χ2v) is 10.00. The van der Waals surface area contributed by atoms with Gasteiger partial charge >= 0.3 is 5.97 Å². The van der Waals surface area contributed by atoms with Crippen LogP contribution in [0.25, 0.3) is 0 Å². The topological polar surface area (TPSA) is 152 Å². The van der Waals surface area contributed by atoms with Crippen LogP contribution in [-0.4, -0.2) is 107 Å². The van der Waals surface area contributed by atoms with Crippen LogP contribution >= 0.6 is 0 Å². The zero-order valence-electron chi connectivity index (χ0n) is 20.0. The molecule has 0 bridgehead atoms. The molecule has 0 aliphatic carbocycles. The fraction of sp³-hybridized carbons (Fsp3) is 0.864. The summed E-state index contributed by atoms with van der Waals surface area (Å²) in [6.45, 7) is 11.1. The Bertz CT molecular complexity index is 799. The van der Waals surface area contributed by atoms with Crippen LogP contribution in [-0.2, 0) is 42.7 Å². The molecule has 4 heterocycles. The van der Waals surface area contributed by atoms with Gasteiger partial charge in [0, 0.05) is 5.57 Å². The molecule has 0 radical (unpaired) electrons. The summed E-state index contributed by atoms with van der Waals surface area (Å²) in [4.78, 5) is 11.8. The molecule has 0 amide bonds. The van der Waals surface area contributed by atoms with E-state index < -0.39 is 72.3 Å². The first-order valence-electron chi connectivity index (χ1n) is 11.3. The number of esters is 1. The number of aliphatic hydroxyl groups is 3. The van der Waals surface area contributed by atoms with Gasteiger partial charge in [-0.05, 0) is 34.6 Å². The molecule has 0 aromatic heterocycles. The molecule has 0 saturated carbocycles. The van der Waals surface area contributed by atoms with Crippen molar-refractivity contribution in [2.45, 2.75) is 101 Å². The second-order valence-electron chi connectivity index (χ2n) is 10.00. The fourth-order valence-corrected chi connectivity index (χ4v) is 4.40. The summed E-state index contributed by atoms with van der Waals surface area (Å²) >= 11 is 0. The van der Waals surface area contributed by atoms with Gasteiger partial charge in [0.25, 0.3) is 0 Å². The maximum Gasteiger partial charge on any atom is 0.333 e. The Morgan fingerprint density at radius 3 is 2.29 bits per heavy atom. The van der Waals surface area contributed by atoms with Crippen molar-refractivity contribution < 1.29 is 58.0 Å². The minimum absolute atomic E-state index is 0.125. The Hall–Kier alpha value is -1.19. The molecule has 4 saturated heterocycles.